The van der Waals surface area contributed by atoms with Crippen LogP contribution >= 0.6 is 0 Å². The van der Waals surface area contributed by atoms with Gasteiger partial charge < -0.3 is 29.9 Å². The molecule has 0 aliphatic carbocycles. The van der Waals surface area contributed by atoms with Gasteiger partial charge in [-0.15, -0.1) is 0 Å². The summed E-state index contributed by atoms with van der Waals surface area (Å²) in [6.07, 6.45) is -8.06. The molecule has 4 N–H and O–H groups in total. The highest BCUT2D eigenvalue weighted by Gasteiger charge is 2.48. The number of esters is 1. The SMILES string of the molecule is CC(C)Cc1ccc(CC(=O)O[C@@H]2OC(C(=O)O)[C@@H](O)[C@@H](O)[C@H]2O)cc1. The van der Waals surface area contributed by atoms with E-state index in [4.69, 9.17) is 14.6 Å². The predicted molar refractivity (Wildman–Crippen MR) is 89.1 cm³/mol. The lowest BCUT2D eigenvalue weighted by atomic mass is 9.99. The Morgan fingerprint density at radius 3 is 2.15 bits per heavy atom. The third kappa shape index (κ3) is 5.01. The van der Waals surface area contributed by atoms with E-state index in [-0.39, 0.29) is 6.42 Å². The molecule has 0 amide bonds. The number of carboxylic acids is 1. The fourth-order valence-electron chi connectivity index (χ4n) is 2.75. The number of aliphatic carboxylic acids is 1. The second-order valence-electron chi connectivity index (χ2n) is 6.82. The number of carboxylic acid groups (broad SMARTS) is 1. The molecule has 0 saturated carbocycles. The van der Waals surface area contributed by atoms with Crippen molar-refractivity contribution in [3.05, 3.63) is 35.4 Å². The molecule has 1 aliphatic rings. The van der Waals surface area contributed by atoms with Crippen LogP contribution in [0.1, 0.15) is 25.0 Å². The van der Waals surface area contributed by atoms with Crippen LogP contribution in [0.15, 0.2) is 24.3 Å². The van der Waals surface area contributed by atoms with Crippen LogP contribution in [0.25, 0.3) is 0 Å². The van der Waals surface area contributed by atoms with Crippen LogP contribution in [-0.4, -0.2) is 63.1 Å². The van der Waals surface area contributed by atoms with Gasteiger partial charge in [-0.05, 0) is 23.5 Å². The Hall–Kier alpha value is -2.00. The molecule has 8 heteroatoms. The highest BCUT2D eigenvalue weighted by atomic mass is 16.7. The van der Waals surface area contributed by atoms with Crippen molar-refractivity contribution in [2.24, 2.45) is 5.92 Å². The standard InChI is InChI=1S/C18H24O8/c1-9(2)7-10-3-5-11(6-4-10)8-12(19)25-18-15(22)13(20)14(21)16(26-18)17(23)24/h3-6,9,13-16,18,20-22H,7-8H2,1-2H3,(H,23,24)/t13-,14+,15-,16?,18-/m1/s1. The van der Waals surface area contributed by atoms with Crippen molar-refractivity contribution >= 4 is 11.9 Å². The van der Waals surface area contributed by atoms with Crippen LogP contribution in [-0.2, 0) is 31.9 Å². The van der Waals surface area contributed by atoms with Crippen LogP contribution in [0.5, 0.6) is 0 Å². The van der Waals surface area contributed by atoms with Gasteiger partial charge in [0.15, 0.2) is 6.10 Å². The quantitative estimate of drug-likeness (QED) is 0.510. The first-order valence-electron chi connectivity index (χ1n) is 8.38. The van der Waals surface area contributed by atoms with Gasteiger partial charge in [-0.2, -0.15) is 0 Å². The van der Waals surface area contributed by atoms with Crippen molar-refractivity contribution in [3.63, 3.8) is 0 Å². The normalized spacial score (nSPS) is 28.8. The van der Waals surface area contributed by atoms with Gasteiger partial charge in [0, 0.05) is 0 Å². The van der Waals surface area contributed by atoms with E-state index >= 15 is 0 Å². The Morgan fingerprint density at radius 1 is 1.04 bits per heavy atom. The number of carbonyl (C=O) groups excluding carboxylic acids is 1. The van der Waals surface area contributed by atoms with Gasteiger partial charge >= 0.3 is 11.9 Å². The lowest BCUT2D eigenvalue weighted by Gasteiger charge is -2.37. The van der Waals surface area contributed by atoms with E-state index in [9.17, 15) is 24.9 Å². The molecule has 1 aromatic carbocycles. The third-order valence-electron chi connectivity index (χ3n) is 4.08. The Bertz CT molecular complexity index is 627. The van der Waals surface area contributed by atoms with Crippen molar-refractivity contribution in [1.29, 1.82) is 0 Å². The van der Waals surface area contributed by atoms with Gasteiger partial charge in [0.25, 0.3) is 0 Å². The summed E-state index contributed by atoms with van der Waals surface area (Å²) < 4.78 is 9.87. The monoisotopic (exact) mass is 368 g/mol. The highest BCUT2D eigenvalue weighted by molar-refractivity contribution is 5.74. The minimum Gasteiger partial charge on any atom is -0.479 e. The zero-order valence-electron chi connectivity index (χ0n) is 14.6. The molecule has 26 heavy (non-hydrogen) atoms. The molecule has 0 bridgehead atoms. The summed E-state index contributed by atoms with van der Waals surface area (Å²) in [5, 5.41) is 38.1. The molecule has 0 spiro atoms. The molecule has 1 unspecified atom stereocenters. The molecule has 1 aromatic rings. The zero-order valence-corrected chi connectivity index (χ0v) is 14.6. The van der Waals surface area contributed by atoms with Crippen molar-refractivity contribution < 1.29 is 39.5 Å². The van der Waals surface area contributed by atoms with Crippen LogP contribution < -0.4 is 0 Å². The molecule has 1 fully saturated rings. The second-order valence-corrected chi connectivity index (χ2v) is 6.82. The maximum atomic E-state index is 12.0. The number of aliphatic hydroxyl groups excluding tert-OH is 3. The number of carbonyl (C=O) groups is 2. The first-order valence-corrected chi connectivity index (χ1v) is 8.38. The molecular formula is C18H24O8. The van der Waals surface area contributed by atoms with E-state index in [0.717, 1.165) is 12.0 Å². The fourth-order valence-corrected chi connectivity index (χ4v) is 2.75. The average molecular weight is 368 g/mol. The van der Waals surface area contributed by atoms with E-state index in [1.807, 2.05) is 12.1 Å². The van der Waals surface area contributed by atoms with Crippen LogP contribution in [0.2, 0.25) is 0 Å². The number of hydrogen-bond donors (Lipinski definition) is 4. The lowest BCUT2D eigenvalue weighted by Crippen LogP contribution is -2.60. The summed E-state index contributed by atoms with van der Waals surface area (Å²) in [5.74, 6) is -1.77. The van der Waals surface area contributed by atoms with Gasteiger partial charge in [-0.1, -0.05) is 38.1 Å². The molecule has 2 rings (SSSR count). The van der Waals surface area contributed by atoms with Crippen LogP contribution in [0.3, 0.4) is 0 Å². The largest absolute Gasteiger partial charge is 0.479 e. The summed E-state index contributed by atoms with van der Waals surface area (Å²) in [6, 6.07) is 7.40. The van der Waals surface area contributed by atoms with E-state index < -0.39 is 42.6 Å². The summed E-state index contributed by atoms with van der Waals surface area (Å²) in [4.78, 5) is 23.1. The maximum Gasteiger partial charge on any atom is 0.335 e. The minimum atomic E-state index is -1.83. The Balaban J connectivity index is 1.96. The third-order valence-corrected chi connectivity index (χ3v) is 4.08. The molecular weight excluding hydrogens is 344 g/mol. The molecule has 1 aliphatic heterocycles. The second kappa shape index (κ2) is 8.59. The molecule has 5 atom stereocenters. The lowest BCUT2D eigenvalue weighted by molar-refractivity contribution is -0.286. The Labute approximate surface area is 151 Å². The van der Waals surface area contributed by atoms with Crippen LogP contribution in [0, 0.1) is 5.92 Å². The predicted octanol–water partition coefficient (Wildman–Crippen LogP) is -0.137. The number of aliphatic hydroxyl groups is 3. The molecule has 8 nitrogen and oxygen atoms in total. The minimum absolute atomic E-state index is 0.106. The number of ether oxygens (including phenoxy) is 2. The zero-order chi connectivity index (χ0) is 19.4. The number of benzene rings is 1. The first-order chi connectivity index (χ1) is 12.2. The first kappa shape index (κ1) is 20.3. The average Bonchev–Trinajstić information content (AvgIpc) is 2.56. The van der Waals surface area contributed by atoms with E-state index in [1.54, 1.807) is 12.1 Å². The van der Waals surface area contributed by atoms with Crippen molar-refractivity contribution in [3.8, 4) is 0 Å². The van der Waals surface area contributed by atoms with Gasteiger partial charge in [0.05, 0.1) is 6.42 Å². The maximum absolute atomic E-state index is 12.0. The van der Waals surface area contributed by atoms with Gasteiger partial charge in [0.1, 0.15) is 18.3 Å². The van der Waals surface area contributed by atoms with Crippen molar-refractivity contribution in [2.75, 3.05) is 0 Å². The summed E-state index contributed by atoms with van der Waals surface area (Å²) in [6.45, 7) is 4.22. The Morgan fingerprint density at radius 2 is 1.62 bits per heavy atom. The van der Waals surface area contributed by atoms with E-state index in [0.29, 0.717) is 11.5 Å². The summed E-state index contributed by atoms with van der Waals surface area (Å²) >= 11 is 0. The smallest absolute Gasteiger partial charge is 0.335 e. The molecule has 1 saturated heterocycles. The molecule has 0 aromatic heterocycles. The summed E-state index contributed by atoms with van der Waals surface area (Å²) in [7, 11) is 0. The van der Waals surface area contributed by atoms with Gasteiger partial charge in [0.2, 0.25) is 6.29 Å². The highest BCUT2D eigenvalue weighted by Crippen LogP contribution is 2.23. The van der Waals surface area contributed by atoms with E-state index in [1.165, 1.54) is 0 Å². The Kier molecular flexibility index (Phi) is 6.71. The van der Waals surface area contributed by atoms with Gasteiger partial charge in [-0.25, -0.2) is 4.79 Å². The van der Waals surface area contributed by atoms with E-state index in [2.05, 4.69) is 13.8 Å². The van der Waals surface area contributed by atoms with Crippen LogP contribution in [0.4, 0.5) is 0 Å². The topological polar surface area (TPSA) is 134 Å². The number of rotatable bonds is 6. The molecule has 1 heterocycles. The molecule has 0 radical (unpaired) electrons. The molecule has 144 valence electrons. The van der Waals surface area contributed by atoms with Crippen molar-refractivity contribution in [2.45, 2.75) is 57.4 Å². The fraction of sp³-hybridized carbons (Fsp3) is 0.556. The van der Waals surface area contributed by atoms with Gasteiger partial charge in [-0.3, -0.25) is 4.79 Å². The number of hydrogen-bond acceptors (Lipinski definition) is 7. The van der Waals surface area contributed by atoms with Crippen molar-refractivity contribution in [1.82, 2.24) is 0 Å². The summed E-state index contributed by atoms with van der Waals surface area (Å²) in [5.41, 5.74) is 1.83.